The number of rotatable bonds is 7. The third-order valence-corrected chi connectivity index (χ3v) is 2.55. The van der Waals surface area contributed by atoms with E-state index >= 15 is 0 Å². The quantitative estimate of drug-likeness (QED) is 0.759. The molecule has 1 heterocycles. The summed E-state index contributed by atoms with van der Waals surface area (Å²) in [6, 6.07) is 1.67. The van der Waals surface area contributed by atoms with E-state index in [9.17, 15) is 18.0 Å². The zero-order valence-electron chi connectivity index (χ0n) is 11.3. The van der Waals surface area contributed by atoms with E-state index in [0.717, 1.165) is 6.42 Å². The minimum atomic E-state index is -4.19. The molecule has 1 aromatic rings. The summed E-state index contributed by atoms with van der Waals surface area (Å²) in [5.74, 6) is -0.418. The fraction of sp³-hybridized carbons (Fsp3) is 0.538. The highest BCUT2D eigenvalue weighted by molar-refractivity contribution is 5.99. The highest BCUT2D eigenvalue weighted by Gasteiger charge is 2.26. The number of nitrogens with zero attached hydrogens (tertiary/aromatic N) is 1. The van der Waals surface area contributed by atoms with E-state index in [2.05, 4.69) is 15.6 Å². The summed E-state index contributed by atoms with van der Waals surface area (Å²) >= 11 is 0. The van der Waals surface area contributed by atoms with Crippen LogP contribution in [0.1, 0.15) is 36.5 Å². The molecule has 2 N–H and O–H groups in total. The van der Waals surface area contributed by atoms with Crippen LogP contribution in [0, 0.1) is 0 Å². The maximum Gasteiger partial charge on any atom is 0.389 e. The summed E-state index contributed by atoms with van der Waals surface area (Å²) in [7, 11) is 0. The van der Waals surface area contributed by atoms with Crippen molar-refractivity contribution in [2.45, 2.75) is 32.4 Å². The first-order chi connectivity index (χ1) is 9.44. The summed E-state index contributed by atoms with van der Waals surface area (Å²) in [6.45, 7) is 2.68. The van der Waals surface area contributed by atoms with Gasteiger partial charge in [0, 0.05) is 31.9 Å². The minimum Gasteiger partial charge on any atom is -0.384 e. The average Bonchev–Trinajstić information content (AvgIpc) is 2.40. The fourth-order valence-corrected chi connectivity index (χ4v) is 1.58. The number of hydrogen-bond acceptors (Lipinski definition) is 3. The normalized spacial score (nSPS) is 11.2. The minimum absolute atomic E-state index is 0.0134. The lowest BCUT2D eigenvalue weighted by Crippen LogP contribution is -2.26. The lowest BCUT2D eigenvalue weighted by atomic mass is 10.2. The van der Waals surface area contributed by atoms with Crippen LogP contribution in [-0.4, -0.2) is 30.2 Å². The van der Waals surface area contributed by atoms with Crippen molar-refractivity contribution >= 4 is 11.6 Å². The van der Waals surface area contributed by atoms with Crippen LogP contribution in [0.25, 0.3) is 0 Å². The van der Waals surface area contributed by atoms with Crippen molar-refractivity contribution in [3.05, 3.63) is 24.0 Å². The highest BCUT2D eigenvalue weighted by Crippen LogP contribution is 2.20. The van der Waals surface area contributed by atoms with Gasteiger partial charge in [-0.25, -0.2) is 0 Å². The Labute approximate surface area is 115 Å². The topological polar surface area (TPSA) is 54.0 Å². The number of pyridine rings is 1. The molecular weight excluding hydrogens is 271 g/mol. The van der Waals surface area contributed by atoms with E-state index in [1.54, 1.807) is 12.3 Å². The van der Waals surface area contributed by atoms with Gasteiger partial charge in [0.05, 0.1) is 11.3 Å². The lowest BCUT2D eigenvalue weighted by Gasteiger charge is -2.11. The van der Waals surface area contributed by atoms with Crippen LogP contribution in [0.4, 0.5) is 18.9 Å². The first kappa shape index (κ1) is 16.3. The molecular formula is C13H18F3N3O. The monoisotopic (exact) mass is 289 g/mol. The Balaban J connectivity index is 2.50. The number of hydrogen-bond donors (Lipinski definition) is 2. The molecule has 112 valence electrons. The van der Waals surface area contributed by atoms with Crippen molar-refractivity contribution in [3.63, 3.8) is 0 Å². The highest BCUT2D eigenvalue weighted by atomic mass is 19.4. The number of carbonyl (C=O) groups is 1. The second kappa shape index (κ2) is 7.72. The Kier molecular flexibility index (Phi) is 6.27. The van der Waals surface area contributed by atoms with Crippen molar-refractivity contribution in [2.24, 2.45) is 0 Å². The zero-order valence-corrected chi connectivity index (χ0v) is 11.3. The van der Waals surface area contributed by atoms with Crippen molar-refractivity contribution < 1.29 is 18.0 Å². The van der Waals surface area contributed by atoms with Crippen LogP contribution in [0.2, 0.25) is 0 Å². The predicted octanol–water partition coefficient (Wildman–Crippen LogP) is 2.98. The van der Waals surface area contributed by atoms with Crippen LogP contribution in [0.3, 0.4) is 0 Å². The van der Waals surface area contributed by atoms with E-state index in [1.165, 1.54) is 6.20 Å². The molecule has 0 radical (unpaired) electrons. The summed E-state index contributed by atoms with van der Waals surface area (Å²) < 4.78 is 35.9. The van der Waals surface area contributed by atoms with Gasteiger partial charge in [-0.15, -0.1) is 0 Å². The number of carbonyl (C=O) groups excluding carboxylic acids is 1. The first-order valence-electron chi connectivity index (χ1n) is 6.47. The van der Waals surface area contributed by atoms with Crippen LogP contribution in [-0.2, 0) is 0 Å². The van der Waals surface area contributed by atoms with Gasteiger partial charge in [-0.3, -0.25) is 9.78 Å². The Bertz CT molecular complexity index is 435. The first-order valence-corrected chi connectivity index (χ1v) is 6.47. The van der Waals surface area contributed by atoms with Crippen LogP contribution >= 0.6 is 0 Å². The van der Waals surface area contributed by atoms with Gasteiger partial charge in [0.1, 0.15) is 0 Å². The van der Waals surface area contributed by atoms with Gasteiger partial charge in [0.25, 0.3) is 5.91 Å². The number of nitrogens with one attached hydrogen (secondary N) is 2. The molecule has 1 amide bonds. The predicted molar refractivity (Wildman–Crippen MR) is 70.6 cm³/mol. The van der Waals surface area contributed by atoms with E-state index in [0.29, 0.717) is 17.8 Å². The molecule has 20 heavy (non-hydrogen) atoms. The Morgan fingerprint density at radius 2 is 2.10 bits per heavy atom. The molecule has 7 heteroatoms. The van der Waals surface area contributed by atoms with Gasteiger partial charge in [0.15, 0.2) is 0 Å². The largest absolute Gasteiger partial charge is 0.389 e. The molecule has 0 saturated carbocycles. The fourth-order valence-electron chi connectivity index (χ4n) is 1.58. The standard InChI is InChI=1S/C13H18F3N3O/c1-2-6-18-11-4-8-17-9-10(11)12(20)19-7-3-5-13(14,15)16/h4,8-9H,2-3,5-7H2,1H3,(H,17,18)(H,19,20). The van der Waals surface area contributed by atoms with E-state index in [1.807, 2.05) is 6.92 Å². The molecule has 1 rings (SSSR count). The summed E-state index contributed by atoms with van der Waals surface area (Å²) in [5, 5.41) is 5.55. The molecule has 4 nitrogen and oxygen atoms in total. The number of alkyl halides is 3. The van der Waals surface area contributed by atoms with Gasteiger partial charge in [0.2, 0.25) is 0 Å². The van der Waals surface area contributed by atoms with Gasteiger partial charge >= 0.3 is 6.18 Å². The zero-order chi connectivity index (χ0) is 15.0. The molecule has 0 aromatic carbocycles. The smallest absolute Gasteiger partial charge is 0.384 e. The number of aromatic nitrogens is 1. The van der Waals surface area contributed by atoms with E-state index in [-0.39, 0.29) is 13.0 Å². The SMILES string of the molecule is CCCNc1ccncc1C(=O)NCCCC(F)(F)F. The van der Waals surface area contributed by atoms with E-state index in [4.69, 9.17) is 0 Å². The molecule has 1 aromatic heterocycles. The summed E-state index contributed by atoms with van der Waals surface area (Å²) in [6.07, 6.45) is -1.37. The number of amides is 1. The van der Waals surface area contributed by atoms with Gasteiger partial charge in [-0.1, -0.05) is 6.92 Å². The van der Waals surface area contributed by atoms with Crippen LogP contribution in [0.15, 0.2) is 18.5 Å². The summed E-state index contributed by atoms with van der Waals surface area (Å²) in [4.78, 5) is 15.7. The Hall–Kier alpha value is -1.79. The number of halogens is 3. The van der Waals surface area contributed by atoms with Crippen molar-refractivity contribution in [1.82, 2.24) is 10.3 Å². The molecule has 0 aliphatic rings. The molecule has 0 saturated heterocycles. The molecule has 0 aliphatic carbocycles. The summed E-state index contributed by atoms with van der Waals surface area (Å²) in [5.41, 5.74) is 0.975. The Morgan fingerprint density at radius 1 is 1.35 bits per heavy atom. The second-order valence-electron chi connectivity index (χ2n) is 4.32. The third-order valence-electron chi connectivity index (χ3n) is 2.55. The average molecular weight is 289 g/mol. The maximum atomic E-state index is 12.0. The molecule has 0 fully saturated rings. The van der Waals surface area contributed by atoms with E-state index < -0.39 is 18.5 Å². The number of anilines is 1. The lowest BCUT2D eigenvalue weighted by molar-refractivity contribution is -0.135. The second-order valence-corrected chi connectivity index (χ2v) is 4.32. The van der Waals surface area contributed by atoms with Crippen molar-refractivity contribution in [1.29, 1.82) is 0 Å². The van der Waals surface area contributed by atoms with Crippen LogP contribution in [0.5, 0.6) is 0 Å². The maximum absolute atomic E-state index is 12.0. The van der Waals surface area contributed by atoms with Gasteiger partial charge < -0.3 is 10.6 Å². The van der Waals surface area contributed by atoms with Gasteiger partial charge in [-0.05, 0) is 18.9 Å². The van der Waals surface area contributed by atoms with Gasteiger partial charge in [-0.2, -0.15) is 13.2 Å². The molecule has 0 unspecified atom stereocenters. The molecule has 0 aliphatic heterocycles. The van der Waals surface area contributed by atoms with Crippen molar-refractivity contribution in [3.8, 4) is 0 Å². The Morgan fingerprint density at radius 3 is 2.75 bits per heavy atom. The molecule has 0 atom stereocenters. The van der Waals surface area contributed by atoms with Crippen molar-refractivity contribution in [2.75, 3.05) is 18.4 Å². The van der Waals surface area contributed by atoms with Crippen LogP contribution < -0.4 is 10.6 Å². The molecule has 0 bridgehead atoms. The third kappa shape index (κ3) is 5.90. The molecule has 0 spiro atoms.